The normalized spacial score (nSPS) is 12.6. The molecule has 0 amide bonds. The van der Waals surface area contributed by atoms with E-state index >= 15 is 0 Å². The summed E-state index contributed by atoms with van der Waals surface area (Å²) in [4.78, 5) is 9.56. The van der Waals surface area contributed by atoms with Crippen LogP contribution in [-0.2, 0) is 7.05 Å². The quantitative estimate of drug-likeness (QED) is 0.480. The first-order valence-electron chi connectivity index (χ1n) is 7.12. The number of benzene rings is 2. The van der Waals surface area contributed by atoms with Gasteiger partial charge in [-0.3, -0.25) is 0 Å². The van der Waals surface area contributed by atoms with E-state index in [0.717, 1.165) is 0 Å². The fourth-order valence-electron chi connectivity index (χ4n) is 2.70. The number of rotatable bonds is 1. The zero-order valence-electron chi connectivity index (χ0n) is 12.4. The minimum atomic E-state index is 1.21. The van der Waals surface area contributed by atoms with Crippen LogP contribution in [0.15, 0.2) is 74.6 Å². The average Bonchev–Trinajstić information content (AvgIpc) is 2.54. The van der Waals surface area contributed by atoms with Crippen LogP contribution in [0.1, 0.15) is 5.56 Å². The molecule has 0 saturated carbocycles. The Balaban J connectivity index is 1.94. The lowest BCUT2D eigenvalue weighted by molar-refractivity contribution is -0.663. The zero-order valence-corrected chi connectivity index (χ0v) is 14.0. The second kappa shape index (κ2) is 5.45. The van der Waals surface area contributed by atoms with Crippen LogP contribution in [0.2, 0.25) is 0 Å². The van der Waals surface area contributed by atoms with Gasteiger partial charge in [-0.25, -0.2) is 4.57 Å². The standard InChI is InChI=1S/C18H15N2S2/c1-12-7-8-16-18(17(12)13-9-10-19-11-20(13)2)22-15-6-4-3-5-14(15)21-16/h3-11H,1-2H3/q+1. The van der Waals surface area contributed by atoms with Gasteiger partial charge in [0, 0.05) is 31.2 Å². The molecule has 1 aliphatic heterocycles. The Bertz CT molecular complexity index is 875. The van der Waals surface area contributed by atoms with E-state index < -0.39 is 0 Å². The smallest absolute Gasteiger partial charge is 0.232 e. The molecule has 0 radical (unpaired) electrons. The number of hydrogen-bond donors (Lipinski definition) is 0. The van der Waals surface area contributed by atoms with E-state index in [1.807, 2.05) is 36.0 Å². The molecule has 0 unspecified atom stereocenters. The minimum absolute atomic E-state index is 1.21. The van der Waals surface area contributed by atoms with Gasteiger partial charge in [-0.05, 0) is 30.7 Å². The van der Waals surface area contributed by atoms with Crippen molar-refractivity contribution in [3.63, 3.8) is 0 Å². The molecule has 2 heterocycles. The highest BCUT2D eigenvalue weighted by Gasteiger charge is 2.23. The highest BCUT2D eigenvalue weighted by atomic mass is 32.2. The van der Waals surface area contributed by atoms with Crippen molar-refractivity contribution in [1.82, 2.24) is 4.98 Å². The van der Waals surface area contributed by atoms with Crippen LogP contribution in [0.3, 0.4) is 0 Å². The van der Waals surface area contributed by atoms with Crippen molar-refractivity contribution in [3.8, 4) is 11.3 Å². The predicted octanol–water partition coefficient (Wildman–Crippen LogP) is 4.50. The van der Waals surface area contributed by atoms with Crippen molar-refractivity contribution < 1.29 is 4.57 Å². The predicted molar refractivity (Wildman–Crippen MR) is 90.3 cm³/mol. The van der Waals surface area contributed by atoms with Gasteiger partial charge in [0.15, 0.2) is 0 Å². The number of hydrogen-bond acceptors (Lipinski definition) is 3. The topological polar surface area (TPSA) is 16.8 Å². The molecule has 2 aromatic carbocycles. The summed E-state index contributed by atoms with van der Waals surface area (Å²) in [5, 5.41) is 0. The van der Waals surface area contributed by atoms with Gasteiger partial charge in [-0.15, -0.1) is 0 Å². The van der Waals surface area contributed by atoms with E-state index in [9.17, 15) is 0 Å². The van der Waals surface area contributed by atoms with E-state index in [1.54, 1.807) is 0 Å². The van der Waals surface area contributed by atoms with E-state index in [1.165, 1.54) is 36.4 Å². The first kappa shape index (κ1) is 13.9. The summed E-state index contributed by atoms with van der Waals surface area (Å²) in [7, 11) is 2.05. The first-order valence-corrected chi connectivity index (χ1v) is 8.75. The highest BCUT2D eigenvalue weighted by Crippen LogP contribution is 2.51. The van der Waals surface area contributed by atoms with Gasteiger partial charge in [0.05, 0.1) is 7.05 Å². The number of nitrogens with zero attached hydrogens (tertiary/aromatic N) is 2. The van der Waals surface area contributed by atoms with Crippen molar-refractivity contribution in [2.75, 3.05) is 0 Å². The van der Waals surface area contributed by atoms with Gasteiger partial charge < -0.3 is 0 Å². The largest absolute Gasteiger partial charge is 0.286 e. The molecular weight excluding hydrogens is 308 g/mol. The number of aromatic nitrogens is 2. The minimum Gasteiger partial charge on any atom is -0.232 e. The van der Waals surface area contributed by atoms with Gasteiger partial charge in [-0.1, -0.05) is 46.7 Å². The summed E-state index contributed by atoms with van der Waals surface area (Å²) in [5.74, 6) is 0. The third kappa shape index (κ3) is 2.23. The molecule has 2 nitrogen and oxygen atoms in total. The third-order valence-electron chi connectivity index (χ3n) is 3.81. The monoisotopic (exact) mass is 323 g/mol. The maximum atomic E-state index is 4.20. The van der Waals surface area contributed by atoms with Crippen molar-refractivity contribution >= 4 is 23.5 Å². The molecule has 1 aliphatic rings. The van der Waals surface area contributed by atoms with Crippen molar-refractivity contribution in [1.29, 1.82) is 0 Å². The van der Waals surface area contributed by atoms with Crippen molar-refractivity contribution in [2.45, 2.75) is 26.5 Å². The summed E-state index contributed by atoms with van der Waals surface area (Å²) in [5.41, 5.74) is 3.82. The third-order valence-corrected chi connectivity index (χ3v) is 6.40. The van der Waals surface area contributed by atoms with Gasteiger partial charge in [-0.2, -0.15) is 0 Å². The highest BCUT2D eigenvalue weighted by molar-refractivity contribution is 8.05. The Hall–Kier alpha value is -1.78. The molecule has 0 aliphatic carbocycles. The van der Waals surface area contributed by atoms with E-state index in [2.05, 4.69) is 66.0 Å². The summed E-state index contributed by atoms with van der Waals surface area (Å²) < 4.78 is 2.09. The molecule has 1 aromatic heterocycles. The first-order chi connectivity index (χ1) is 10.7. The second-order valence-corrected chi connectivity index (χ2v) is 7.45. The maximum Gasteiger partial charge on any atom is 0.286 e. The molecular formula is C18H15N2S2+. The van der Waals surface area contributed by atoms with E-state index in [4.69, 9.17) is 0 Å². The fourth-order valence-corrected chi connectivity index (χ4v) is 5.16. The van der Waals surface area contributed by atoms with E-state index in [-0.39, 0.29) is 0 Å². The summed E-state index contributed by atoms with van der Waals surface area (Å²) >= 11 is 3.73. The van der Waals surface area contributed by atoms with Crippen molar-refractivity contribution in [2.24, 2.45) is 7.05 Å². The number of fused-ring (bicyclic) bond motifs is 2. The lowest BCUT2D eigenvalue weighted by Gasteiger charge is -2.22. The molecule has 0 N–H and O–H groups in total. The van der Waals surface area contributed by atoms with Crippen molar-refractivity contribution in [3.05, 3.63) is 60.6 Å². The Morgan fingerprint density at radius 2 is 1.68 bits per heavy atom. The van der Waals surface area contributed by atoms with Crippen LogP contribution in [0.5, 0.6) is 0 Å². The zero-order chi connectivity index (χ0) is 15.1. The van der Waals surface area contributed by atoms with Gasteiger partial charge in [0.25, 0.3) is 6.33 Å². The summed E-state index contributed by atoms with van der Waals surface area (Å²) in [6.07, 6.45) is 3.73. The molecule has 0 fully saturated rings. The van der Waals surface area contributed by atoms with Crippen LogP contribution >= 0.6 is 23.5 Å². The van der Waals surface area contributed by atoms with Crippen LogP contribution in [0.25, 0.3) is 11.3 Å². The lowest BCUT2D eigenvalue weighted by Crippen LogP contribution is -2.31. The van der Waals surface area contributed by atoms with Gasteiger partial charge in [0.1, 0.15) is 11.9 Å². The Morgan fingerprint density at radius 3 is 2.45 bits per heavy atom. The molecule has 108 valence electrons. The Labute approximate surface area is 138 Å². The Kier molecular flexibility index (Phi) is 3.43. The molecule has 0 bridgehead atoms. The molecule has 0 spiro atoms. The average molecular weight is 323 g/mol. The van der Waals surface area contributed by atoms with Crippen LogP contribution in [0, 0.1) is 6.92 Å². The van der Waals surface area contributed by atoms with Crippen LogP contribution in [-0.4, -0.2) is 4.98 Å². The summed E-state index contributed by atoms with van der Waals surface area (Å²) in [6.45, 7) is 2.18. The van der Waals surface area contributed by atoms with Crippen LogP contribution < -0.4 is 4.57 Å². The Morgan fingerprint density at radius 1 is 0.909 bits per heavy atom. The fraction of sp³-hybridized carbons (Fsp3) is 0.111. The second-order valence-electron chi connectivity index (χ2n) is 5.31. The number of aryl methyl sites for hydroxylation is 2. The molecule has 4 rings (SSSR count). The van der Waals surface area contributed by atoms with E-state index in [0.29, 0.717) is 0 Å². The molecule has 3 aromatic rings. The van der Waals surface area contributed by atoms with Crippen LogP contribution in [0.4, 0.5) is 0 Å². The summed E-state index contributed by atoms with van der Waals surface area (Å²) in [6, 6.07) is 15.2. The lowest BCUT2D eigenvalue weighted by atomic mass is 10.1. The maximum absolute atomic E-state index is 4.20. The van der Waals surface area contributed by atoms with Gasteiger partial charge in [0.2, 0.25) is 0 Å². The molecule has 4 heteroatoms. The molecule has 22 heavy (non-hydrogen) atoms. The molecule has 0 atom stereocenters. The van der Waals surface area contributed by atoms with Gasteiger partial charge >= 0.3 is 0 Å². The SMILES string of the molecule is Cc1ccc2c(c1-c1ccnc[n+]1C)Sc1ccccc1S2. The molecule has 0 saturated heterocycles.